The number of amides is 1. The smallest absolute Gasteiger partial charge is 0.341 e. The molecule has 1 fully saturated rings. The van der Waals surface area contributed by atoms with Gasteiger partial charge in [0.25, 0.3) is 5.82 Å². The number of halogens is 3. The van der Waals surface area contributed by atoms with Crippen LogP contribution in [0.15, 0.2) is 36.5 Å². The molecule has 1 N–H and O–H groups in total. The number of hydrogen-bond acceptors (Lipinski definition) is 2. The predicted molar refractivity (Wildman–Crippen MR) is 105 cm³/mol. The van der Waals surface area contributed by atoms with Gasteiger partial charge in [0.05, 0.1) is 18.7 Å². The lowest BCUT2D eigenvalue weighted by molar-refractivity contribution is -0.367. The van der Waals surface area contributed by atoms with E-state index in [4.69, 9.17) is 0 Å². The Kier molecular flexibility index (Phi) is 6.15. The molecule has 1 amide bonds. The maximum Gasteiger partial charge on any atom is 0.419 e. The third-order valence-electron chi connectivity index (χ3n) is 5.59. The fourth-order valence-electron chi connectivity index (χ4n) is 3.83. The molecule has 0 saturated carbocycles. The van der Waals surface area contributed by atoms with Gasteiger partial charge in [-0.15, -0.1) is 0 Å². The number of nitrogens with one attached hydrogen (secondary N) is 1. The predicted octanol–water partition coefficient (Wildman–Crippen LogP) is 4.01. The molecule has 2 aromatic rings. The van der Waals surface area contributed by atoms with Crippen molar-refractivity contribution in [1.82, 2.24) is 4.90 Å². The van der Waals surface area contributed by atoms with E-state index in [2.05, 4.69) is 30.1 Å². The van der Waals surface area contributed by atoms with E-state index in [9.17, 15) is 18.0 Å². The lowest BCUT2D eigenvalue weighted by atomic mass is 9.95. The first-order valence-electron chi connectivity index (χ1n) is 9.80. The second-order valence-electron chi connectivity index (χ2n) is 7.85. The molecule has 1 aliphatic heterocycles. The molecule has 4 nitrogen and oxygen atoms in total. The molecule has 1 saturated heterocycles. The van der Waals surface area contributed by atoms with Crippen molar-refractivity contribution in [1.29, 1.82) is 0 Å². The Bertz CT molecular complexity index is 857. The van der Waals surface area contributed by atoms with Gasteiger partial charge >= 0.3 is 6.18 Å². The Labute approximate surface area is 169 Å². The minimum atomic E-state index is -4.35. The van der Waals surface area contributed by atoms with Gasteiger partial charge in [-0.05, 0) is 43.9 Å². The SMILES string of the molecule is Cc1ccc(CN(C)C(=O)C2CCN(c3ccc(C(F)(F)F)c[nH+]3)CC2)c(C)c1. The van der Waals surface area contributed by atoms with E-state index >= 15 is 0 Å². The normalized spacial score (nSPS) is 15.4. The molecule has 1 aliphatic rings. The van der Waals surface area contributed by atoms with Gasteiger partial charge in [-0.2, -0.15) is 13.2 Å². The molecule has 0 bridgehead atoms. The zero-order valence-electron chi connectivity index (χ0n) is 17.0. The second-order valence-corrected chi connectivity index (χ2v) is 7.85. The molecule has 1 aromatic carbocycles. The molecule has 0 unspecified atom stereocenters. The van der Waals surface area contributed by atoms with E-state index in [1.807, 2.05) is 18.9 Å². The van der Waals surface area contributed by atoms with Crippen LogP contribution in [0.3, 0.4) is 0 Å². The van der Waals surface area contributed by atoms with Crippen LogP contribution in [-0.2, 0) is 17.5 Å². The van der Waals surface area contributed by atoms with Crippen LogP contribution in [-0.4, -0.2) is 30.9 Å². The Balaban J connectivity index is 1.56. The van der Waals surface area contributed by atoms with Crippen LogP contribution < -0.4 is 9.88 Å². The molecule has 29 heavy (non-hydrogen) atoms. The summed E-state index contributed by atoms with van der Waals surface area (Å²) in [6.07, 6.45) is -1.99. The average Bonchev–Trinajstić information content (AvgIpc) is 2.69. The molecule has 7 heteroatoms. The zero-order valence-corrected chi connectivity index (χ0v) is 17.0. The summed E-state index contributed by atoms with van der Waals surface area (Å²) in [7, 11) is 1.83. The molecule has 0 atom stereocenters. The third kappa shape index (κ3) is 5.08. The molecular formula is C22H27F3N3O+. The maximum atomic E-state index is 12.9. The van der Waals surface area contributed by atoms with E-state index in [0.29, 0.717) is 38.3 Å². The largest absolute Gasteiger partial charge is 0.419 e. The van der Waals surface area contributed by atoms with Crippen LogP contribution in [0.4, 0.5) is 19.0 Å². The van der Waals surface area contributed by atoms with Gasteiger partial charge in [-0.3, -0.25) is 9.69 Å². The molecule has 156 valence electrons. The van der Waals surface area contributed by atoms with Crippen molar-refractivity contribution < 1.29 is 22.9 Å². The summed E-state index contributed by atoms with van der Waals surface area (Å²) >= 11 is 0. The standard InChI is InChI=1S/C22H26F3N3O/c1-15-4-5-18(16(2)12-15)14-27(3)21(29)17-8-10-28(11-9-17)20-7-6-19(13-26-20)22(23,24)25/h4-7,12-13,17H,8-11,14H2,1-3H3/p+1. The molecule has 2 heterocycles. The summed E-state index contributed by atoms with van der Waals surface area (Å²) < 4.78 is 38.1. The van der Waals surface area contributed by atoms with E-state index in [1.165, 1.54) is 17.2 Å². The number of aryl methyl sites for hydroxylation is 2. The van der Waals surface area contributed by atoms with Crippen molar-refractivity contribution in [2.24, 2.45) is 5.92 Å². The number of hydrogen-bond donors (Lipinski definition) is 0. The minimum Gasteiger partial charge on any atom is -0.341 e. The van der Waals surface area contributed by atoms with Gasteiger partial charge in [0.2, 0.25) is 5.91 Å². The number of piperidine rings is 1. The zero-order chi connectivity index (χ0) is 21.2. The van der Waals surface area contributed by atoms with Crippen molar-refractivity contribution in [2.45, 2.75) is 39.4 Å². The summed E-state index contributed by atoms with van der Waals surface area (Å²) in [5.41, 5.74) is 2.83. The topological polar surface area (TPSA) is 37.7 Å². The van der Waals surface area contributed by atoms with Crippen molar-refractivity contribution in [3.05, 3.63) is 58.8 Å². The quantitative estimate of drug-likeness (QED) is 0.769. The fraction of sp³-hybridized carbons (Fsp3) is 0.455. The molecule has 3 rings (SSSR count). The number of pyridine rings is 1. The number of alkyl halides is 3. The number of anilines is 1. The number of nitrogens with zero attached hydrogens (tertiary/aromatic N) is 2. The highest BCUT2D eigenvalue weighted by molar-refractivity contribution is 5.79. The van der Waals surface area contributed by atoms with E-state index in [-0.39, 0.29) is 11.8 Å². The van der Waals surface area contributed by atoms with Crippen LogP contribution in [0, 0.1) is 19.8 Å². The number of rotatable bonds is 4. The summed E-state index contributed by atoms with van der Waals surface area (Å²) in [4.78, 5) is 19.4. The van der Waals surface area contributed by atoms with Gasteiger partial charge in [0, 0.05) is 25.6 Å². The van der Waals surface area contributed by atoms with Crippen molar-refractivity contribution >= 4 is 11.7 Å². The first kappa shape index (κ1) is 21.1. The highest BCUT2D eigenvalue weighted by Crippen LogP contribution is 2.29. The minimum absolute atomic E-state index is 0.0588. The lowest BCUT2D eigenvalue weighted by Crippen LogP contribution is -2.42. The monoisotopic (exact) mass is 406 g/mol. The molecule has 0 radical (unpaired) electrons. The van der Waals surface area contributed by atoms with Gasteiger partial charge in [0.1, 0.15) is 6.20 Å². The second kappa shape index (κ2) is 8.43. The number of carbonyl (C=O) groups is 1. The first-order chi connectivity index (χ1) is 13.6. The summed E-state index contributed by atoms with van der Waals surface area (Å²) in [5.74, 6) is 0.713. The fourth-order valence-corrected chi connectivity index (χ4v) is 3.83. The van der Waals surface area contributed by atoms with Crippen LogP contribution >= 0.6 is 0 Å². The summed E-state index contributed by atoms with van der Waals surface area (Å²) in [6.45, 7) is 5.95. The molecule has 0 spiro atoms. The van der Waals surface area contributed by atoms with Gasteiger partial charge in [0.15, 0.2) is 0 Å². The number of aromatic nitrogens is 1. The van der Waals surface area contributed by atoms with Gasteiger partial charge < -0.3 is 4.90 Å². The van der Waals surface area contributed by atoms with Crippen LogP contribution in [0.25, 0.3) is 0 Å². The van der Waals surface area contributed by atoms with Gasteiger partial charge in [-0.1, -0.05) is 23.8 Å². The molecular weight excluding hydrogens is 379 g/mol. The van der Waals surface area contributed by atoms with Crippen LogP contribution in [0.5, 0.6) is 0 Å². The average molecular weight is 406 g/mol. The third-order valence-corrected chi connectivity index (χ3v) is 5.59. The van der Waals surface area contributed by atoms with Crippen LogP contribution in [0.1, 0.15) is 35.1 Å². The molecule has 1 aromatic heterocycles. The Morgan fingerprint density at radius 3 is 2.41 bits per heavy atom. The van der Waals surface area contributed by atoms with Gasteiger partial charge in [-0.25, -0.2) is 4.98 Å². The van der Waals surface area contributed by atoms with Crippen molar-refractivity contribution in [3.63, 3.8) is 0 Å². The first-order valence-corrected chi connectivity index (χ1v) is 9.80. The highest BCUT2D eigenvalue weighted by Gasteiger charge is 2.34. The van der Waals surface area contributed by atoms with Crippen molar-refractivity contribution in [2.75, 3.05) is 25.0 Å². The highest BCUT2D eigenvalue weighted by atomic mass is 19.4. The number of H-pyrrole nitrogens is 1. The number of aromatic amines is 1. The van der Waals surface area contributed by atoms with E-state index < -0.39 is 11.7 Å². The molecule has 0 aliphatic carbocycles. The van der Waals surface area contributed by atoms with Crippen molar-refractivity contribution in [3.8, 4) is 0 Å². The number of carbonyl (C=O) groups excluding carboxylic acids is 1. The Morgan fingerprint density at radius 2 is 1.86 bits per heavy atom. The Hall–Kier alpha value is -2.57. The maximum absolute atomic E-state index is 12.9. The van der Waals surface area contributed by atoms with Crippen LogP contribution in [0.2, 0.25) is 0 Å². The summed E-state index contributed by atoms with van der Waals surface area (Å²) in [6, 6.07) is 8.78. The summed E-state index contributed by atoms with van der Waals surface area (Å²) in [5, 5.41) is 0. The van der Waals surface area contributed by atoms with E-state index in [0.717, 1.165) is 17.8 Å². The number of benzene rings is 1. The Morgan fingerprint density at radius 1 is 1.17 bits per heavy atom. The lowest BCUT2D eigenvalue weighted by Gasteiger charge is -2.30. The van der Waals surface area contributed by atoms with E-state index in [1.54, 1.807) is 4.90 Å².